The molecule has 0 unspecified atom stereocenters. The summed E-state index contributed by atoms with van der Waals surface area (Å²) in [6, 6.07) is 38.3. The van der Waals surface area contributed by atoms with Crippen LogP contribution in [0.4, 0.5) is 5.69 Å². The van der Waals surface area contributed by atoms with Crippen LogP contribution in [0.15, 0.2) is 109 Å². The maximum Gasteiger partial charge on any atom is 0.187 e. The van der Waals surface area contributed by atoms with E-state index in [4.69, 9.17) is 16.3 Å². The molecule has 6 aromatic rings. The third kappa shape index (κ3) is 3.55. The van der Waals surface area contributed by atoms with Crippen LogP contribution in [0.3, 0.4) is 0 Å². The van der Waals surface area contributed by atoms with Gasteiger partial charge in [0.25, 0.3) is 0 Å². The summed E-state index contributed by atoms with van der Waals surface area (Å²) >= 11 is 0. The topological polar surface area (TPSA) is 39.4 Å². The van der Waals surface area contributed by atoms with Crippen molar-refractivity contribution in [1.29, 1.82) is 0 Å². The van der Waals surface area contributed by atoms with Gasteiger partial charge in [0.2, 0.25) is 0 Å². The molecule has 2 aliphatic rings. The molecule has 0 saturated heterocycles. The zero-order valence-corrected chi connectivity index (χ0v) is 24.1. The van der Waals surface area contributed by atoms with Crippen molar-refractivity contribution in [1.82, 2.24) is 9.97 Å². The Hall–Kier alpha value is -5.53. The monoisotopic (exact) mass is 553 g/mol. The van der Waals surface area contributed by atoms with E-state index in [1.165, 1.54) is 22.3 Å². The van der Waals surface area contributed by atoms with Crippen LogP contribution in [0.1, 0.15) is 39.3 Å². The number of hydrogen-bond donors (Lipinski definition) is 0. The molecule has 4 heteroatoms. The summed E-state index contributed by atoms with van der Waals surface area (Å²) in [6.07, 6.45) is 0. The molecule has 4 nitrogen and oxygen atoms in total. The number of rotatable bonds is 2. The fourth-order valence-corrected chi connectivity index (χ4v) is 7.00. The minimum atomic E-state index is -0.594. The number of aromatic nitrogens is 2. The Morgan fingerprint density at radius 1 is 0.605 bits per heavy atom. The third-order valence-corrected chi connectivity index (χ3v) is 9.04. The Bertz CT molecular complexity index is 2110. The number of para-hydroxylation sites is 2. The highest BCUT2D eigenvalue weighted by Crippen LogP contribution is 2.62. The van der Waals surface area contributed by atoms with E-state index in [0.29, 0.717) is 5.69 Å². The first kappa shape index (κ1) is 25.2. The largest absolute Gasteiger partial charge is 0.457 e. The number of benzene rings is 5. The van der Waals surface area contributed by atoms with E-state index >= 15 is 0 Å². The van der Waals surface area contributed by atoms with Crippen LogP contribution in [-0.2, 0) is 5.41 Å². The second kappa shape index (κ2) is 9.24. The van der Waals surface area contributed by atoms with Gasteiger partial charge < -0.3 is 4.74 Å². The standard InChI is InChI=1S/C39H27N3O/c1-23-24(2)41-25(3)42-38(23)28-16-20-31-30-19-15-27(26-13-17-29(40-4)18-14-26)21-34(30)39(35(31)22-28)32-9-5-7-11-36(32)43-37-12-8-6-10-33(37)39/h5-22H,1-3H3. The molecule has 8 rings (SSSR count). The molecular formula is C39H27N3O. The van der Waals surface area contributed by atoms with Gasteiger partial charge >= 0.3 is 0 Å². The number of nitrogens with zero attached hydrogens (tertiary/aromatic N) is 3. The van der Waals surface area contributed by atoms with Crippen LogP contribution in [0.5, 0.6) is 11.5 Å². The number of fused-ring (bicyclic) bond motifs is 9. The molecule has 1 spiro atoms. The third-order valence-electron chi connectivity index (χ3n) is 9.04. The van der Waals surface area contributed by atoms with Crippen molar-refractivity contribution in [2.75, 3.05) is 0 Å². The fraction of sp³-hybridized carbons (Fsp3) is 0.103. The number of ether oxygens (including phenoxy) is 1. The van der Waals surface area contributed by atoms with Gasteiger partial charge in [-0.3, -0.25) is 0 Å². The van der Waals surface area contributed by atoms with E-state index < -0.39 is 5.41 Å². The Morgan fingerprint density at radius 3 is 1.79 bits per heavy atom. The fourth-order valence-electron chi connectivity index (χ4n) is 7.00. The van der Waals surface area contributed by atoms with E-state index in [1.807, 2.05) is 43.3 Å². The average molecular weight is 554 g/mol. The van der Waals surface area contributed by atoms with Crippen LogP contribution in [0.2, 0.25) is 0 Å². The van der Waals surface area contributed by atoms with Gasteiger partial charge in [-0.2, -0.15) is 0 Å². The van der Waals surface area contributed by atoms with Crippen LogP contribution in [0, 0.1) is 27.3 Å². The average Bonchev–Trinajstić information content (AvgIpc) is 3.32. The Labute approximate surface area is 251 Å². The van der Waals surface area contributed by atoms with Gasteiger partial charge in [0.15, 0.2) is 5.69 Å². The van der Waals surface area contributed by atoms with Crippen LogP contribution in [0.25, 0.3) is 38.4 Å². The van der Waals surface area contributed by atoms with Gasteiger partial charge in [-0.15, -0.1) is 0 Å². The molecule has 0 amide bonds. The van der Waals surface area contributed by atoms with Crippen molar-refractivity contribution < 1.29 is 4.74 Å². The smallest absolute Gasteiger partial charge is 0.187 e. The van der Waals surface area contributed by atoms with Crippen molar-refractivity contribution in [2.24, 2.45) is 0 Å². The van der Waals surface area contributed by atoms with Gasteiger partial charge in [-0.1, -0.05) is 84.9 Å². The van der Waals surface area contributed by atoms with Gasteiger partial charge in [0.05, 0.1) is 17.7 Å². The zero-order valence-electron chi connectivity index (χ0n) is 24.1. The van der Waals surface area contributed by atoms with E-state index in [1.54, 1.807) is 0 Å². The second-order valence-corrected chi connectivity index (χ2v) is 11.4. The van der Waals surface area contributed by atoms with Crippen LogP contribution < -0.4 is 4.74 Å². The normalized spacial score (nSPS) is 13.3. The molecule has 2 heterocycles. The van der Waals surface area contributed by atoms with E-state index in [9.17, 15) is 0 Å². The lowest BCUT2D eigenvalue weighted by Gasteiger charge is -2.39. The molecule has 43 heavy (non-hydrogen) atoms. The van der Waals surface area contributed by atoms with Crippen LogP contribution in [-0.4, -0.2) is 9.97 Å². The summed E-state index contributed by atoms with van der Waals surface area (Å²) in [5.74, 6) is 2.50. The molecule has 5 aromatic carbocycles. The van der Waals surface area contributed by atoms with Crippen molar-refractivity contribution in [3.63, 3.8) is 0 Å². The summed E-state index contributed by atoms with van der Waals surface area (Å²) in [6.45, 7) is 13.5. The summed E-state index contributed by atoms with van der Waals surface area (Å²) in [5, 5.41) is 0. The first-order valence-corrected chi connectivity index (χ1v) is 14.5. The van der Waals surface area contributed by atoms with E-state index in [0.717, 1.165) is 62.1 Å². The minimum absolute atomic E-state index is 0.594. The van der Waals surface area contributed by atoms with Gasteiger partial charge in [-0.25, -0.2) is 14.8 Å². The SMILES string of the molecule is [C-]#[N+]c1ccc(-c2ccc3c(c2)C2(c4ccccc4Oc4ccccc42)c2cc(-c4nc(C)nc(C)c4C)ccc2-3)cc1. The molecule has 0 bridgehead atoms. The lowest BCUT2D eigenvalue weighted by Crippen LogP contribution is -2.32. The van der Waals surface area contributed by atoms with E-state index in [-0.39, 0.29) is 0 Å². The maximum atomic E-state index is 7.38. The number of aryl methyl sites for hydroxylation is 2. The lowest BCUT2D eigenvalue weighted by atomic mass is 9.65. The summed E-state index contributed by atoms with van der Waals surface area (Å²) < 4.78 is 6.55. The lowest BCUT2D eigenvalue weighted by molar-refractivity contribution is 0.436. The molecule has 204 valence electrons. The molecular weight excluding hydrogens is 526 g/mol. The highest BCUT2D eigenvalue weighted by molar-refractivity contribution is 5.91. The molecule has 0 atom stereocenters. The minimum Gasteiger partial charge on any atom is -0.457 e. The summed E-state index contributed by atoms with van der Waals surface area (Å²) in [7, 11) is 0. The van der Waals surface area contributed by atoms with Crippen molar-refractivity contribution in [3.8, 4) is 45.0 Å². The van der Waals surface area contributed by atoms with Crippen LogP contribution >= 0.6 is 0 Å². The van der Waals surface area contributed by atoms with Crippen molar-refractivity contribution in [2.45, 2.75) is 26.2 Å². The molecule has 0 saturated carbocycles. The predicted octanol–water partition coefficient (Wildman–Crippen LogP) is 9.76. The number of hydrogen-bond acceptors (Lipinski definition) is 3. The van der Waals surface area contributed by atoms with Gasteiger partial charge in [-0.05, 0) is 84.0 Å². The second-order valence-electron chi connectivity index (χ2n) is 11.4. The first-order valence-electron chi connectivity index (χ1n) is 14.5. The molecule has 0 fully saturated rings. The highest BCUT2D eigenvalue weighted by atomic mass is 16.5. The molecule has 0 radical (unpaired) electrons. The Morgan fingerprint density at radius 2 is 1.16 bits per heavy atom. The quantitative estimate of drug-likeness (QED) is 0.200. The predicted molar refractivity (Wildman–Crippen MR) is 171 cm³/mol. The van der Waals surface area contributed by atoms with Gasteiger partial charge in [0, 0.05) is 22.4 Å². The van der Waals surface area contributed by atoms with Crippen molar-refractivity contribution in [3.05, 3.63) is 160 Å². The maximum absolute atomic E-state index is 7.38. The zero-order chi connectivity index (χ0) is 29.3. The molecule has 1 aliphatic carbocycles. The molecule has 1 aromatic heterocycles. The first-order chi connectivity index (χ1) is 21.0. The van der Waals surface area contributed by atoms with E-state index in [2.05, 4.69) is 96.5 Å². The summed E-state index contributed by atoms with van der Waals surface area (Å²) in [4.78, 5) is 13.1. The van der Waals surface area contributed by atoms with Gasteiger partial charge in [0.1, 0.15) is 17.3 Å². The Kier molecular flexibility index (Phi) is 5.42. The summed E-state index contributed by atoms with van der Waals surface area (Å²) in [5.41, 5.74) is 13.5. The molecule has 1 aliphatic heterocycles. The van der Waals surface area contributed by atoms with Crippen molar-refractivity contribution >= 4 is 5.69 Å². The Balaban J connectivity index is 1.47. The molecule has 0 N–H and O–H groups in total. The highest BCUT2D eigenvalue weighted by Gasteiger charge is 2.51.